The number of ether oxygens (including phenoxy) is 2. The summed E-state index contributed by atoms with van der Waals surface area (Å²) >= 11 is 0. The van der Waals surface area contributed by atoms with Gasteiger partial charge in [0.25, 0.3) is 0 Å². The molecule has 2 heterocycles. The van der Waals surface area contributed by atoms with Gasteiger partial charge in [0.2, 0.25) is 5.91 Å². The molecule has 7 heteroatoms. The predicted octanol–water partition coefficient (Wildman–Crippen LogP) is 1.75. The molecule has 1 aliphatic rings. The van der Waals surface area contributed by atoms with Crippen LogP contribution in [0.3, 0.4) is 0 Å². The second kappa shape index (κ2) is 9.01. The number of amides is 1. The van der Waals surface area contributed by atoms with E-state index < -0.39 is 0 Å². The number of nitrogens with zero attached hydrogens (tertiary/aromatic N) is 3. The fraction of sp³-hybridized carbons (Fsp3) is 0.500. The highest BCUT2D eigenvalue weighted by Gasteiger charge is 2.36. The van der Waals surface area contributed by atoms with Crippen molar-refractivity contribution in [1.29, 1.82) is 0 Å². The van der Waals surface area contributed by atoms with E-state index >= 15 is 0 Å². The van der Waals surface area contributed by atoms with Crippen molar-refractivity contribution in [1.82, 2.24) is 20.0 Å². The van der Waals surface area contributed by atoms with E-state index in [9.17, 15) is 4.79 Å². The summed E-state index contributed by atoms with van der Waals surface area (Å²) in [5.41, 5.74) is 1.98. The van der Waals surface area contributed by atoms with Crippen LogP contribution >= 0.6 is 0 Å². The first-order chi connectivity index (χ1) is 13.0. The Morgan fingerprint density at radius 2 is 2.11 bits per heavy atom. The molecule has 7 nitrogen and oxygen atoms in total. The summed E-state index contributed by atoms with van der Waals surface area (Å²) in [7, 11) is 5.90. The third-order valence-electron chi connectivity index (χ3n) is 4.78. The van der Waals surface area contributed by atoms with E-state index in [1.54, 1.807) is 10.9 Å². The number of hydrogen-bond donors (Lipinski definition) is 1. The van der Waals surface area contributed by atoms with E-state index in [0.717, 1.165) is 30.0 Å². The molecule has 1 N–H and O–H groups in total. The van der Waals surface area contributed by atoms with Crippen molar-refractivity contribution < 1.29 is 14.3 Å². The summed E-state index contributed by atoms with van der Waals surface area (Å²) < 4.78 is 13.3. The summed E-state index contributed by atoms with van der Waals surface area (Å²) in [5, 5.41) is 7.21. The van der Waals surface area contributed by atoms with Crippen LogP contribution in [0, 0.1) is 5.92 Å². The number of rotatable bonds is 8. The highest BCUT2D eigenvalue weighted by atomic mass is 16.5. The van der Waals surface area contributed by atoms with E-state index in [1.807, 2.05) is 51.5 Å². The molecule has 1 aromatic heterocycles. The molecule has 27 heavy (non-hydrogen) atoms. The fourth-order valence-corrected chi connectivity index (χ4v) is 3.18. The monoisotopic (exact) mass is 372 g/mol. The molecule has 1 saturated heterocycles. The molecule has 0 spiro atoms. The first kappa shape index (κ1) is 19.4. The Bertz CT molecular complexity index is 742. The Kier molecular flexibility index (Phi) is 6.47. The summed E-state index contributed by atoms with van der Waals surface area (Å²) in [6, 6.07) is 9.75. The Morgan fingerprint density at radius 1 is 1.33 bits per heavy atom. The highest BCUT2D eigenvalue weighted by Crippen LogP contribution is 2.34. The van der Waals surface area contributed by atoms with Gasteiger partial charge in [0.15, 0.2) is 0 Å². The van der Waals surface area contributed by atoms with Crippen molar-refractivity contribution in [3.8, 4) is 5.75 Å². The van der Waals surface area contributed by atoms with Gasteiger partial charge in [-0.25, -0.2) is 0 Å². The van der Waals surface area contributed by atoms with Crippen molar-refractivity contribution in [2.45, 2.75) is 19.1 Å². The Morgan fingerprint density at radius 3 is 2.78 bits per heavy atom. The zero-order valence-electron chi connectivity index (χ0n) is 16.2. The normalized spacial score (nSPS) is 19.4. The number of likely N-dealkylation sites (N-methyl/N-ethyl adjacent to an activating group) is 1. The van der Waals surface area contributed by atoms with Gasteiger partial charge in [0.1, 0.15) is 18.5 Å². The third kappa shape index (κ3) is 5.08. The number of benzene rings is 1. The van der Waals surface area contributed by atoms with Crippen molar-refractivity contribution in [3.05, 3.63) is 47.8 Å². The first-order valence-electron chi connectivity index (χ1n) is 9.28. The van der Waals surface area contributed by atoms with Gasteiger partial charge < -0.3 is 19.7 Å². The van der Waals surface area contributed by atoms with Crippen LogP contribution in [0.1, 0.15) is 23.8 Å². The van der Waals surface area contributed by atoms with E-state index in [2.05, 4.69) is 15.3 Å². The van der Waals surface area contributed by atoms with Crippen LogP contribution in [0.2, 0.25) is 0 Å². The number of hydrogen-bond acceptors (Lipinski definition) is 5. The number of carbonyl (C=O) groups is 1. The van der Waals surface area contributed by atoms with E-state index in [-0.39, 0.29) is 17.9 Å². The van der Waals surface area contributed by atoms with Crippen LogP contribution < -0.4 is 10.1 Å². The lowest BCUT2D eigenvalue weighted by molar-refractivity contribution is -0.127. The Balaban J connectivity index is 1.50. The van der Waals surface area contributed by atoms with E-state index in [4.69, 9.17) is 9.47 Å². The Hall–Kier alpha value is -2.38. The van der Waals surface area contributed by atoms with Crippen LogP contribution in [0.15, 0.2) is 36.5 Å². The molecular weight excluding hydrogens is 344 g/mol. The fourth-order valence-electron chi connectivity index (χ4n) is 3.18. The quantitative estimate of drug-likeness (QED) is 0.765. The molecule has 0 bridgehead atoms. The maximum atomic E-state index is 12.7. The zero-order valence-corrected chi connectivity index (χ0v) is 16.2. The Labute approximate surface area is 160 Å². The van der Waals surface area contributed by atoms with Gasteiger partial charge in [0.05, 0.1) is 11.6 Å². The minimum atomic E-state index is -0.232. The second-order valence-corrected chi connectivity index (χ2v) is 7.08. The predicted molar refractivity (Wildman–Crippen MR) is 102 cm³/mol. The smallest absolute Gasteiger partial charge is 0.226 e. The maximum absolute atomic E-state index is 12.7. The van der Waals surface area contributed by atoms with E-state index in [0.29, 0.717) is 19.8 Å². The molecule has 1 amide bonds. The second-order valence-electron chi connectivity index (χ2n) is 7.08. The van der Waals surface area contributed by atoms with Crippen LogP contribution in [0.25, 0.3) is 0 Å². The number of nitrogens with one attached hydrogen (secondary N) is 1. The lowest BCUT2D eigenvalue weighted by Crippen LogP contribution is -2.32. The highest BCUT2D eigenvalue weighted by molar-refractivity contribution is 5.79. The van der Waals surface area contributed by atoms with Crippen molar-refractivity contribution in [2.75, 3.05) is 33.9 Å². The molecule has 2 atom stereocenters. The van der Waals surface area contributed by atoms with Gasteiger partial charge in [-0.15, -0.1) is 0 Å². The molecule has 146 valence electrons. The average Bonchev–Trinajstić information content (AvgIpc) is 3.29. The third-order valence-corrected chi connectivity index (χ3v) is 4.78. The van der Waals surface area contributed by atoms with Gasteiger partial charge in [-0.05, 0) is 44.3 Å². The van der Waals surface area contributed by atoms with Crippen LogP contribution in [0.5, 0.6) is 5.75 Å². The topological polar surface area (TPSA) is 68.6 Å². The van der Waals surface area contributed by atoms with Gasteiger partial charge in [-0.2, -0.15) is 5.10 Å². The van der Waals surface area contributed by atoms with Crippen LogP contribution in [-0.2, 0) is 23.1 Å². The first-order valence-corrected chi connectivity index (χ1v) is 9.28. The minimum Gasteiger partial charge on any atom is -0.492 e. The zero-order chi connectivity index (χ0) is 19.2. The standard InChI is InChI=1S/C20H28N4O3/c1-23(2)11-13-26-16-6-4-15(5-7-16)14-21-20(25)17-9-12-27-19(17)18-8-10-22-24(18)3/h4-8,10,17,19H,9,11-14H2,1-3H3,(H,21,25)/t17-,19-/m1/s1. The largest absolute Gasteiger partial charge is 0.492 e. The SMILES string of the molecule is CN(C)CCOc1ccc(CNC(=O)[C@@H]2CCO[C@H]2c2ccnn2C)cc1. The van der Waals surface area contributed by atoms with Crippen molar-refractivity contribution in [2.24, 2.45) is 13.0 Å². The molecule has 0 radical (unpaired) electrons. The van der Waals surface area contributed by atoms with Crippen molar-refractivity contribution in [3.63, 3.8) is 0 Å². The molecule has 2 aromatic rings. The average molecular weight is 372 g/mol. The van der Waals surface area contributed by atoms with Crippen LogP contribution in [0.4, 0.5) is 0 Å². The maximum Gasteiger partial charge on any atom is 0.226 e. The van der Waals surface area contributed by atoms with Gasteiger partial charge >= 0.3 is 0 Å². The van der Waals surface area contributed by atoms with Gasteiger partial charge in [0, 0.05) is 32.9 Å². The summed E-state index contributed by atoms with van der Waals surface area (Å²) in [5.74, 6) is 0.673. The summed E-state index contributed by atoms with van der Waals surface area (Å²) in [6.07, 6.45) is 2.22. The lowest BCUT2D eigenvalue weighted by atomic mass is 9.98. The molecule has 0 saturated carbocycles. The molecule has 0 unspecified atom stereocenters. The van der Waals surface area contributed by atoms with Crippen LogP contribution in [-0.4, -0.2) is 54.4 Å². The number of aryl methyl sites for hydroxylation is 1. The summed E-state index contributed by atoms with van der Waals surface area (Å²) in [6.45, 7) is 2.61. The molecule has 1 aliphatic heterocycles. The number of aromatic nitrogens is 2. The van der Waals surface area contributed by atoms with E-state index in [1.165, 1.54) is 0 Å². The lowest BCUT2D eigenvalue weighted by Gasteiger charge is -2.18. The van der Waals surface area contributed by atoms with Gasteiger partial charge in [-0.3, -0.25) is 9.48 Å². The molecule has 3 rings (SSSR count). The minimum absolute atomic E-state index is 0.0185. The number of carbonyl (C=O) groups excluding carboxylic acids is 1. The summed E-state index contributed by atoms with van der Waals surface area (Å²) in [4.78, 5) is 14.7. The van der Waals surface area contributed by atoms with Gasteiger partial charge in [-0.1, -0.05) is 12.1 Å². The molecular formula is C20H28N4O3. The molecule has 1 fully saturated rings. The van der Waals surface area contributed by atoms with Crippen molar-refractivity contribution >= 4 is 5.91 Å². The molecule has 0 aliphatic carbocycles. The molecule has 1 aromatic carbocycles.